The van der Waals surface area contributed by atoms with E-state index in [2.05, 4.69) is 21.0 Å². The predicted molar refractivity (Wildman–Crippen MR) is 84.8 cm³/mol. The molecule has 0 atom stereocenters. The fourth-order valence-electron chi connectivity index (χ4n) is 1.97. The highest BCUT2D eigenvalue weighted by atomic mass is 79.9. The van der Waals surface area contributed by atoms with Crippen LogP contribution < -0.4 is 0 Å². The fourth-order valence-corrected chi connectivity index (χ4v) is 3.11. The summed E-state index contributed by atoms with van der Waals surface area (Å²) in [4.78, 5) is 12.3. The van der Waals surface area contributed by atoms with Crippen molar-refractivity contribution in [2.75, 3.05) is 0 Å². The molecule has 0 fully saturated rings. The Balaban J connectivity index is 2.30. The molecular weight excluding hydrogens is 363 g/mol. The average Bonchev–Trinajstić information content (AvgIpc) is 2.66. The van der Waals surface area contributed by atoms with Gasteiger partial charge in [0.25, 0.3) is 0 Å². The van der Waals surface area contributed by atoms with Gasteiger partial charge in [0, 0.05) is 17.1 Å². The van der Waals surface area contributed by atoms with Gasteiger partial charge in [-0.3, -0.25) is 9.48 Å². The van der Waals surface area contributed by atoms with Crippen molar-refractivity contribution < 1.29 is 4.79 Å². The van der Waals surface area contributed by atoms with Crippen LogP contribution in [0.2, 0.25) is 10.0 Å². The van der Waals surface area contributed by atoms with Gasteiger partial charge < -0.3 is 0 Å². The van der Waals surface area contributed by atoms with Gasteiger partial charge in [-0.15, -0.1) is 0 Å². The lowest BCUT2D eigenvalue weighted by molar-refractivity contribution is 0.0991. The van der Waals surface area contributed by atoms with Crippen molar-refractivity contribution >= 4 is 44.9 Å². The summed E-state index contributed by atoms with van der Waals surface area (Å²) < 4.78 is 2.50. The van der Waals surface area contributed by atoms with Crippen molar-refractivity contribution in [1.29, 1.82) is 0 Å². The molecule has 0 radical (unpaired) electrons. The number of aromatic nitrogens is 2. The van der Waals surface area contributed by atoms with Gasteiger partial charge >= 0.3 is 0 Å². The summed E-state index contributed by atoms with van der Waals surface area (Å²) in [5.74, 6) is -0.0740. The molecule has 0 unspecified atom stereocenters. The number of hydrogen-bond donors (Lipinski definition) is 0. The Hall–Kier alpha value is -0.840. The number of rotatable bonds is 4. The Morgan fingerprint density at radius 1 is 1.40 bits per heavy atom. The largest absolute Gasteiger partial charge is 0.294 e. The van der Waals surface area contributed by atoms with Crippen molar-refractivity contribution in [2.45, 2.75) is 19.8 Å². The first kappa shape index (κ1) is 15.5. The minimum Gasteiger partial charge on any atom is -0.294 e. The van der Waals surface area contributed by atoms with Gasteiger partial charge in [-0.2, -0.15) is 5.10 Å². The topological polar surface area (TPSA) is 34.9 Å². The average molecular weight is 376 g/mol. The molecule has 2 rings (SSSR count). The molecule has 1 aromatic heterocycles. The van der Waals surface area contributed by atoms with Crippen LogP contribution in [0, 0.1) is 0 Å². The van der Waals surface area contributed by atoms with Gasteiger partial charge in [-0.25, -0.2) is 0 Å². The maximum atomic E-state index is 12.3. The highest BCUT2D eigenvalue weighted by molar-refractivity contribution is 9.10. The van der Waals surface area contributed by atoms with Crippen LogP contribution in [0.4, 0.5) is 0 Å². The van der Waals surface area contributed by atoms with Crippen LogP contribution in [0.25, 0.3) is 0 Å². The summed E-state index contributed by atoms with van der Waals surface area (Å²) in [6.45, 7) is 1.98. The minimum absolute atomic E-state index is 0.0740. The number of hydrogen-bond acceptors (Lipinski definition) is 2. The van der Waals surface area contributed by atoms with Crippen LogP contribution in [0.5, 0.6) is 0 Å². The molecule has 0 spiro atoms. The third-order valence-electron chi connectivity index (χ3n) is 3.06. The normalized spacial score (nSPS) is 10.8. The molecule has 0 aliphatic rings. The molecule has 0 N–H and O–H groups in total. The summed E-state index contributed by atoms with van der Waals surface area (Å²) in [5.41, 5.74) is 2.01. The summed E-state index contributed by atoms with van der Waals surface area (Å²) in [6, 6.07) is 5.21. The molecule has 0 saturated heterocycles. The molecule has 0 saturated carbocycles. The van der Waals surface area contributed by atoms with E-state index in [0.29, 0.717) is 21.3 Å². The third kappa shape index (κ3) is 3.08. The predicted octanol–water partition coefficient (Wildman–Crippen LogP) is 4.48. The number of aryl methyl sites for hydroxylation is 2. The van der Waals surface area contributed by atoms with Crippen molar-refractivity contribution in [3.8, 4) is 0 Å². The molecule has 2 aromatic rings. The van der Waals surface area contributed by atoms with Crippen molar-refractivity contribution in [3.05, 3.63) is 49.7 Å². The SMILES string of the molecule is CCc1nn(C)c(CC(=O)c2ccc(Br)cc2Cl)c1Cl. The molecule has 0 bridgehead atoms. The quantitative estimate of drug-likeness (QED) is 0.738. The Morgan fingerprint density at radius 3 is 2.65 bits per heavy atom. The number of carbonyl (C=O) groups excluding carboxylic acids is 1. The third-order valence-corrected chi connectivity index (χ3v) is 4.30. The number of benzene rings is 1. The van der Waals surface area contributed by atoms with Crippen molar-refractivity contribution in [1.82, 2.24) is 9.78 Å². The molecule has 1 heterocycles. The lowest BCUT2D eigenvalue weighted by Crippen LogP contribution is -2.08. The number of nitrogens with zero attached hydrogens (tertiary/aromatic N) is 2. The lowest BCUT2D eigenvalue weighted by atomic mass is 10.1. The van der Waals surface area contributed by atoms with Gasteiger partial charge in [0.05, 0.1) is 27.9 Å². The summed E-state index contributed by atoms with van der Waals surface area (Å²) >= 11 is 15.7. The second-order valence-electron chi connectivity index (χ2n) is 4.41. The molecule has 6 heteroatoms. The standard InChI is InChI=1S/C14H13BrCl2N2O/c1-3-11-14(17)12(19(2)18-11)7-13(20)9-5-4-8(15)6-10(9)16/h4-6H,3,7H2,1-2H3. The maximum absolute atomic E-state index is 12.3. The van der Waals surface area contributed by atoms with E-state index in [1.807, 2.05) is 6.92 Å². The first-order chi connectivity index (χ1) is 9.43. The van der Waals surface area contributed by atoms with Crippen LogP contribution >= 0.6 is 39.1 Å². The Kier molecular flexibility index (Phi) is 4.89. The zero-order valence-electron chi connectivity index (χ0n) is 11.1. The first-order valence-corrected chi connectivity index (χ1v) is 7.67. The van der Waals surface area contributed by atoms with E-state index in [9.17, 15) is 4.79 Å². The second-order valence-corrected chi connectivity index (χ2v) is 6.11. The van der Waals surface area contributed by atoms with Gasteiger partial charge in [0.1, 0.15) is 0 Å². The Labute approximate surface area is 136 Å². The molecule has 3 nitrogen and oxygen atoms in total. The first-order valence-electron chi connectivity index (χ1n) is 6.12. The summed E-state index contributed by atoms with van der Waals surface area (Å²) in [5, 5.41) is 5.30. The van der Waals surface area contributed by atoms with Gasteiger partial charge in [0.2, 0.25) is 0 Å². The highest BCUT2D eigenvalue weighted by Gasteiger charge is 2.18. The summed E-state index contributed by atoms with van der Waals surface area (Å²) in [6.07, 6.45) is 0.920. The van der Waals surface area contributed by atoms with E-state index in [4.69, 9.17) is 23.2 Å². The van der Waals surface area contributed by atoms with Crippen molar-refractivity contribution in [3.63, 3.8) is 0 Å². The van der Waals surface area contributed by atoms with Gasteiger partial charge in [0.15, 0.2) is 5.78 Å². The minimum atomic E-state index is -0.0740. The van der Waals surface area contributed by atoms with E-state index in [1.54, 1.807) is 29.9 Å². The number of halogens is 3. The molecule has 1 aromatic carbocycles. The molecule has 20 heavy (non-hydrogen) atoms. The van der Waals surface area contributed by atoms with E-state index in [0.717, 1.165) is 16.6 Å². The second kappa shape index (κ2) is 6.29. The fraction of sp³-hybridized carbons (Fsp3) is 0.286. The maximum Gasteiger partial charge on any atom is 0.170 e. The molecule has 0 amide bonds. The number of carbonyl (C=O) groups is 1. The van der Waals surface area contributed by atoms with Crippen LogP contribution in [0.3, 0.4) is 0 Å². The lowest BCUT2D eigenvalue weighted by Gasteiger charge is -2.05. The van der Waals surface area contributed by atoms with E-state index >= 15 is 0 Å². The van der Waals surface area contributed by atoms with Crippen molar-refractivity contribution in [2.24, 2.45) is 7.05 Å². The Bertz CT molecular complexity index is 667. The van der Waals surface area contributed by atoms with Crippen LogP contribution in [-0.2, 0) is 19.9 Å². The zero-order chi connectivity index (χ0) is 14.9. The molecule has 0 aliphatic heterocycles. The zero-order valence-corrected chi connectivity index (χ0v) is 14.2. The van der Waals surface area contributed by atoms with Crippen LogP contribution in [-0.4, -0.2) is 15.6 Å². The monoisotopic (exact) mass is 374 g/mol. The van der Waals surface area contributed by atoms with Crippen LogP contribution in [0.1, 0.15) is 28.7 Å². The van der Waals surface area contributed by atoms with Gasteiger partial charge in [-0.1, -0.05) is 46.1 Å². The molecule has 106 valence electrons. The summed E-state index contributed by atoms with van der Waals surface area (Å²) in [7, 11) is 1.79. The number of Topliss-reactive ketones (excluding diaryl/α,β-unsaturated/α-hetero) is 1. The van der Waals surface area contributed by atoms with E-state index < -0.39 is 0 Å². The Morgan fingerprint density at radius 2 is 2.10 bits per heavy atom. The highest BCUT2D eigenvalue weighted by Crippen LogP contribution is 2.25. The number of ketones is 1. The van der Waals surface area contributed by atoms with Crippen LogP contribution in [0.15, 0.2) is 22.7 Å². The van der Waals surface area contributed by atoms with Gasteiger partial charge in [-0.05, 0) is 24.6 Å². The molecular formula is C14H13BrCl2N2O. The molecule has 0 aliphatic carbocycles. The van der Waals surface area contributed by atoms with E-state index in [1.165, 1.54) is 0 Å². The van der Waals surface area contributed by atoms with E-state index in [-0.39, 0.29) is 12.2 Å². The smallest absolute Gasteiger partial charge is 0.170 e.